The molecule has 0 bridgehead atoms. The van der Waals surface area contributed by atoms with Crippen molar-refractivity contribution in [2.24, 2.45) is 0 Å². The molecule has 1 heterocycles. The number of aryl methyl sites for hydroxylation is 1. The molecule has 0 spiro atoms. The summed E-state index contributed by atoms with van der Waals surface area (Å²) in [5.41, 5.74) is 1.07. The molecule has 1 fully saturated rings. The number of hydrogen-bond acceptors (Lipinski definition) is 5. The smallest absolute Gasteiger partial charge is 0.243 e. The minimum Gasteiger partial charge on any atom is -0.457 e. The molecule has 6 nitrogen and oxygen atoms in total. The fraction of sp³-hybridized carbons (Fsp3) is 0.250. The van der Waals surface area contributed by atoms with Crippen LogP contribution >= 0.6 is 0 Å². The Balaban J connectivity index is 1.43. The second-order valence-electron chi connectivity index (χ2n) is 7.85. The van der Waals surface area contributed by atoms with Crippen molar-refractivity contribution in [1.82, 2.24) is 4.31 Å². The minimum atomic E-state index is -3.71. The third-order valence-corrected chi connectivity index (χ3v) is 9.79. The molecule has 0 saturated carbocycles. The van der Waals surface area contributed by atoms with Crippen LogP contribution in [-0.4, -0.2) is 39.5 Å². The predicted octanol–water partition coefficient (Wildman–Crippen LogP) is 4.41. The summed E-state index contributed by atoms with van der Waals surface area (Å²) in [6.07, 6.45) is 0.538. The molecule has 0 atom stereocenters. The molecule has 0 unspecified atom stereocenters. The molecule has 3 aromatic carbocycles. The third kappa shape index (κ3) is 4.72. The normalized spacial score (nSPS) is 16.0. The van der Waals surface area contributed by atoms with Gasteiger partial charge in [0.05, 0.1) is 15.0 Å². The van der Waals surface area contributed by atoms with Gasteiger partial charge in [-0.3, -0.25) is 0 Å². The first-order chi connectivity index (χ1) is 15.3. The van der Waals surface area contributed by atoms with E-state index in [0.717, 1.165) is 5.56 Å². The van der Waals surface area contributed by atoms with Crippen LogP contribution in [0.3, 0.4) is 0 Å². The van der Waals surface area contributed by atoms with Gasteiger partial charge in [0, 0.05) is 13.1 Å². The lowest BCUT2D eigenvalue weighted by atomic mass is 10.2. The number of hydrogen-bond donors (Lipinski definition) is 0. The zero-order valence-electron chi connectivity index (χ0n) is 17.7. The van der Waals surface area contributed by atoms with Crippen LogP contribution in [-0.2, 0) is 19.9 Å². The minimum absolute atomic E-state index is 0.165. The van der Waals surface area contributed by atoms with E-state index in [1.54, 1.807) is 42.5 Å². The van der Waals surface area contributed by atoms with Crippen molar-refractivity contribution in [2.45, 2.75) is 34.8 Å². The van der Waals surface area contributed by atoms with Crippen molar-refractivity contribution in [3.05, 3.63) is 84.4 Å². The van der Waals surface area contributed by atoms with Crippen molar-refractivity contribution in [1.29, 1.82) is 0 Å². The number of sulfonamides is 1. The molecular formula is C24H25NO5S2. The zero-order chi connectivity index (χ0) is 22.8. The number of benzene rings is 3. The first kappa shape index (κ1) is 22.5. The molecule has 32 heavy (non-hydrogen) atoms. The summed E-state index contributed by atoms with van der Waals surface area (Å²) < 4.78 is 59.0. The Morgan fingerprint density at radius 1 is 0.750 bits per heavy atom. The van der Waals surface area contributed by atoms with Gasteiger partial charge < -0.3 is 4.74 Å². The topological polar surface area (TPSA) is 80.8 Å². The van der Waals surface area contributed by atoms with E-state index in [-0.39, 0.29) is 35.7 Å². The Morgan fingerprint density at radius 2 is 1.41 bits per heavy atom. The molecular weight excluding hydrogens is 446 g/mol. The Labute approximate surface area is 189 Å². The first-order valence-corrected chi connectivity index (χ1v) is 13.4. The van der Waals surface area contributed by atoms with E-state index in [1.807, 2.05) is 31.2 Å². The predicted molar refractivity (Wildman–Crippen MR) is 123 cm³/mol. The van der Waals surface area contributed by atoms with Gasteiger partial charge in [-0.25, -0.2) is 16.8 Å². The molecule has 8 heteroatoms. The van der Waals surface area contributed by atoms with Gasteiger partial charge in [-0.05, 0) is 73.9 Å². The Morgan fingerprint density at radius 3 is 2.03 bits per heavy atom. The highest BCUT2D eigenvalue weighted by Crippen LogP contribution is 2.29. The molecule has 1 aliphatic rings. The molecule has 0 aliphatic carbocycles. The summed E-state index contributed by atoms with van der Waals surface area (Å²) in [4.78, 5) is 0.448. The van der Waals surface area contributed by atoms with Crippen LogP contribution < -0.4 is 4.74 Å². The Hall–Kier alpha value is -2.68. The van der Waals surface area contributed by atoms with Crippen LogP contribution in [0.4, 0.5) is 0 Å². The van der Waals surface area contributed by atoms with Crippen molar-refractivity contribution in [2.75, 3.05) is 13.1 Å². The summed E-state index contributed by atoms with van der Waals surface area (Å²) in [5, 5.41) is -0.582. The lowest BCUT2D eigenvalue weighted by Crippen LogP contribution is -2.42. The summed E-state index contributed by atoms with van der Waals surface area (Å²) >= 11 is 0. The van der Waals surface area contributed by atoms with Gasteiger partial charge in [0.2, 0.25) is 10.0 Å². The lowest BCUT2D eigenvalue weighted by Gasteiger charge is -2.31. The molecule has 0 aromatic heterocycles. The molecule has 4 rings (SSSR count). The highest BCUT2D eigenvalue weighted by molar-refractivity contribution is 7.92. The van der Waals surface area contributed by atoms with Gasteiger partial charge >= 0.3 is 0 Å². The van der Waals surface area contributed by atoms with E-state index in [9.17, 15) is 16.8 Å². The van der Waals surface area contributed by atoms with Gasteiger partial charge in [-0.15, -0.1) is 0 Å². The fourth-order valence-electron chi connectivity index (χ4n) is 3.83. The molecule has 0 N–H and O–H groups in total. The quantitative estimate of drug-likeness (QED) is 0.532. The van der Waals surface area contributed by atoms with E-state index in [0.29, 0.717) is 11.5 Å². The highest BCUT2D eigenvalue weighted by Gasteiger charge is 2.35. The largest absolute Gasteiger partial charge is 0.457 e. The Kier molecular flexibility index (Phi) is 6.37. The average molecular weight is 472 g/mol. The van der Waals surface area contributed by atoms with E-state index >= 15 is 0 Å². The van der Waals surface area contributed by atoms with Crippen LogP contribution in [0.25, 0.3) is 0 Å². The monoisotopic (exact) mass is 471 g/mol. The molecule has 0 radical (unpaired) electrons. The van der Waals surface area contributed by atoms with Crippen molar-refractivity contribution >= 4 is 19.9 Å². The maximum Gasteiger partial charge on any atom is 0.243 e. The standard InChI is InChI=1S/C24H25NO5S2/c1-19-6-5-7-21(18-19)30-20-10-12-24(13-11-20)32(28,29)25-16-14-23(15-17-25)31(26,27)22-8-3-2-4-9-22/h2-13,18,23H,14-17H2,1H3. The van der Waals surface area contributed by atoms with E-state index in [2.05, 4.69) is 0 Å². The van der Waals surface area contributed by atoms with Crippen molar-refractivity contribution in [3.8, 4) is 11.5 Å². The van der Waals surface area contributed by atoms with Crippen LogP contribution in [0.2, 0.25) is 0 Å². The molecule has 3 aromatic rings. The lowest BCUT2D eigenvalue weighted by molar-refractivity contribution is 0.345. The van der Waals surface area contributed by atoms with Gasteiger partial charge in [-0.2, -0.15) is 4.31 Å². The molecule has 168 valence electrons. The van der Waals surface area contributed by atoms with Crippen LogP contribution in [0.5, 0.6) is 11.5 Å². The van der Waals surface area contributed by atoms with Gasteiger partial charge in [0.15, 0.2) is 9.84 Å². The number of rotatable bonds is 6. The first-order valence-electron chi connectivity index (χ1n) is 10.4. The molecule has 1 saturated heterocycles. The summed E-state index contributed by atoms with van der Waals surface area (Å²) in [6.45, 7) is 2.30. The van der Waals surface area contributed by atoms with Crippen molar-refractivity contribution in [3.63, 3.8) is 0 Å². The van der Waals surface area contributed by atoms with Crippen LogP contribution in [0, 0.1) is 6.92 Å². The van der Waals surface area contributed by atoms with Crippen LogP contribution in [0.15, 0.2) is 88.7 Å². The maximum absolute atomic E-state index is 13.1. The molecule has 0 amide bonds. The maximum atomic E-state index is 13.1. The number of piperidine rings is 1. The van der Waals surface area contributed by atoms with Gasteiger partial charge in [-0.1, -0.05) is 30.3 Å². The van der Waals surface area contributed by atoms with Gasteiger partial charge in [0.1, 0.15) is 11.5 Å². The fourth-order valence-corrected chi connectivity index (χ4v) is 7.05. The average Bonchev–Trinajstić information content (AvgIpc) is 2.80. The molecule has 1 aliphatic heterocycles. The summed E-state index contributed by atoms with van der Waals surface area (Å²) in [7, 11) is -7.18. The SMILES string of the molecule is Cc1cccc(Oc2ccc(S(=O)(=O)N3CCC(S(=O)(=O)c4ccccc4)CC3)cc2)c1. The number of nitrogens with zero attached hydrogens (tertiary/aromatic N) is 1. The second kappa shape index (κ2) is 9.05. The highest BCUT2D eigenvalue weighted by atomic mass is 32.2. The second-order valence-corrected chi connectivity index (χ2v) is 12.0. The van der Waals surface area contributed by atoms with Crippen molar-refractivity contribution < 1.29 is 21.6 Å². The van der Waals surface area contributed by atoms with E-state index in [1.165, 1.54) is 16.4 Å². The number of sulfone groups is 1. The van der Waals surface area contributed by atoms with Gasteiger partial charge in [0.25, 0.3) is 0 Å². The number of ether oxygens (including phenoxy) is 1. The zero-order valence-corrected chi connectivity index (χ0v) is 19.3. The Bertz CT molecular complexity index is 1280. The van der Waals surface area contributed by atoms with E-state index in [4.69, 9.17) is 4.74 Å². The summed E-state index contributed by atoms with van der Waals surface area (Å²) in [6, 6.07) is 22.2. The third-order valence-electron chi connectivity index (χ3n) is 5.60. The van der Waals surface area contributed by atoms with Crippen LogP contribution in [0.1, 0.15) is 18.4 Å². The summed E-state index contributed by atoms with van der Waals surface area (Å²) in [5.74, 6) is 1.23. The van der Waals surface area contributed by atoms with E-state index < -0.39 is 25.1 Å².